The number of ether oxygens (including phenoxy) is 2. The van der Waals surface area contributed by atoms with Gasteiger partial charge in [0.2, 0.25) is 23.6 Å². The molecule has 0 aromatic heterocycles. The van der Waals surface area contributed by atoms with E-state index in [1.165, 1.54) is 31.7 Å². The van der Waals surface area contributed by atoms with Crippen molar-refractivity contribution in [3.63, 3.8) is 0 Å². The average molecular weight is 754 g/mol. The summed E-state index contributed by atoms with van der Waals surface area (Å²) in [7, 11) is 1.45. The minimum Gasteiger partial charge on any atom is -0.492 e. The van der Waals surface area contributed by atoms with Crippen molar-refractivity contribution in [2.45, 2.75) is 102 Å². The summed E-state index contributed by atoms with van der Waals surface area (Å²) in [6, 6.07) is 5.27. The number of nitrogens with two attached hydrogens (primary N) is 3. The van der Waals surface area contributed by atoms with Gasteiger partial charge in [-0.15, -0.1) is 0 Å². The molecular weight excluding hydrogens is 694 g/mol. The summed E-state index contributed by atoms with van der Waals surface area (Å²) in [6.45, 7) is 4.45. The summed E-state index contributed by atoms with van der Waals surface area (Å²) in [5.41, 5.74) is 19.3. The smallest absolute Gasteiger partial charge is 0.326 e. The van der Waals surface area contributed by atoms with Gasteiger partial charge in [0.05, 0.1) is 0 Å². The molecule has 1 aliphatic rings. The number of carbonyl (C=O) groups excluding carboxylic acids is 4. The van der Waals surface area contributed by atoms with Crippen LogP contribution in [0.3, 0.4) is 0 Å². The van der Waals surface area contributed by atoms with Gasteiger partial charge in [0.1, 0.15) is 48.9 Å². The molecule has 3 rings (SSSR count). The summed E-state index contributed by atoms with van der Waals surface area (Å²) < 4.78 is 12.0. The molecular formula is C39H59N7O8. The van der Waals surface area contributed by atoms with Crippen LogP contribution >= 0.6 is 0 Å². The van der Waals surface area contributed by atoms with Crippen molar-refractivity contribution < 1.29 is 38.6 Å². The van der Waals surface area contributed by atoms with Gasteiger partial charge in [0.25, 0.3) is 0 Å². The van der Waals surface area contributed by atoms with Gasteiger partial charge < -0.3 is 52.6 Å². The van der Waals surface area contributed by atoms with Gasteiger partial charge in [0.15, 0.2) is 0 Å². The van der Waals surface area contributed by atoms with Crippen LogP contribution in [0.25, 0.3) is 11.1 Å². The van der Waals surface area contributed by atoms with E-state index < -0.39 is 47.9 Å². The van der Waals surface area contributed by atoms with E-state index in [1.54, 1.807) is 36.4 Å². The number of aliphatic carboxylic acids is 1. The Labute approximate surface area is 318 Å². The fraction of sp³-hybridized carbons (Fsp3) is 0.564. The third-order valence-corrected chi connectivity index (χ3v) is 9.29. The maximum atomic E-state index is 14.2. The molecule has 0 unspecified atom stereocenters. The summed E-state index contributed by atoms with van der Waals surface area (Å²) in [5, 5.41) is 18.0. The van der Waals surface area contributed by atoms with E-state index in [1.807, 2.05) is 0 Å². The van der Waals surface area contributed by atoms with Crippen molar-refractivity contribution in [3.8, 4) is 22.6 Å². The molecule has 0 aliphatic carbocycles. The molecule has 0 radical (unpaired) electrons. The Bertz CT molecular complexity index is 1570. The molecule has 15 nitrogen and oxygen atoms in total. The lowest BCUT2D eigenvalue weighted by Gasteiger charge is -2.32. The molecule has 15 heteroatoms. The Kier molecular flexibility index (Phi) is 18.2. The molecule has 0 saturated heterocycles. The Balaban J connectivity index is 2.09. The number of hydrogen-bond donors (Lipinski definition) is 7. The van der Waals surface area contributed by atoms with Crippen molar-refractivity contribution in [1.29, 1.82) is 0 Å². The van der Waals surface area contributed by atoms with Crippen LogP contribution in [0, 0.1) is 0 Å². The lowest BCUT2D eigenvalue weighted by atomic mass is 9.93. The normalized spacial score (nSPS) is 17.7. The topological polar surface area (TPSA) is 241 Å². The highest BCUT2D eigenvalue weighted by Gasteiger charge is 2.36. The average Bonchev–Trinajstić information content (AvgIpc) is 3.15. The number of fused-ring (bicyclic) bond motifs is 5. The molecule has 4 amide bonds. The first-order chi connectivity index (χ1) is 25.9. The molecule has 10 N–H and O–H groups in total. The number of nitrogens with one attached hydrogen (secondary N) is 3. The highest BCUT2D eigenvalue weighted by atomic mass is 16.5. The molecule has 1 heterocycles. The first-order valence-corrected chi connectivity index (χ1v) is 19.0. The fourth-order valence-corrected chi connectivity index (χ4v) is 6.38. The van der Waals surface area contributed by atoms with E-state index in [-0.39, 0.29) is 58.0 Å². The summed E-state index contributed by atoms with van der Waals surface area (Å²) >= 11 is 0. The minimum atomic E-state index is -1.33. The number of hydrogen-bond acceptors (Lipinski definition) is 10. The van der Waals surface area contributed by atoms with Gasteiger partial charge in [-0.25, -0.2) is 4.79 Å². The molecule has 1 aliphatic heterocycles. The quantitative estimate of drug-likeness (QED) is 0.0967. The Morgan fingerprint density at radius 2 is 1.48 bits per heavy atom. The molecule has 2 aromatic carbocycles. The number of likely N-dealkylation sites (N-methyl/N-ethyl adjacent to an activating group) is 1. The monoisotopic (exact) mass is 753 g/mol. The molecule has 0 fully saturated rings. The molecule has 54 heavy (non-hydrogen) atoms. The van der Waals surface area contributed by atoms with Crippen molar-refractivity contribution in [1.82, 2.24) is 20.9 Å². The maximum Gasteiger partial charge on any atom is 0.326 e. The first kappa shape index (κ1) is 43.7. The van der Waals surface area contributed by atoms with Crippen molar-refractivity contribution >= 4 is 29.6 Å². The number of carboxylic acids is 1. The van der Waals surface area contributed by atoms with Crippen LogP contribution in [0.4, 0.5) is 0 Å². The number of carbonyl (C=O) groups is 5. The van der Waals surface area contributed by atoms with Crippen molar-refractivity contribution in [2.75, 3.05) is 39.9 Å². The van der Waals surface area contributed by atoms with E-state index in [2.05, 4.69) is 22.9 Å². The molecule has 0 saturated carbocycles. The van der Waals surface area contributed by atoms with E-state index in [4.69, 9.17) is 26.7 Å². The highest BCUT2D eigenvalue weighted by Crippen LogP contribution is 2.40. The second kappa shape index (κ2) is 22.5. The van der Waals surface area contributed by atoms with E-state index in [0.717, 1.165) is 25.7 Å². The van der Waals surface area contributed by atoms with Gasteiger partial charge in [-0.2, -0.15) is 0 Å². The number of benzene rings is 2. The summed E-state index contributed by atoms with van der Waals surface area (Å²) in [4.78, 5) is 68.3. The Hall–Kier alpha value is -4.73. The van der Waals surface area contributed by atoms with Crippen LogP contribution in [-0.2, 0) is 30.4 Å². The van der Waals surface area contributed by atoms with Crippen LogP contribution in [-0.4, -0.2) is 97.6 Å². The van der Waals surface area contributed by atoms with Gasteiger partial charge in [-0.05, 0) is 61.7 Å². The molecule has 0 spiro atoms. The maximum absolute atomic E-state index is 14.2. The van der Waals surface area contributed by atoms with Gasteiger partial charge in [-0.3, -0.25) is 19.2 Å². The van der Waals surface area contributed by atoms with Crippen LogP contribution in [0.5, 0.6) is 11.5 Å². The number of amides is 4. The number of rotatable bonds is 20. The van der Waals surface area contributed by atoms with E-state index in [0.29, 0.717) is 40.2 Å². The number of carboxylic acid groups (broad SMARTS) is 1. The van der Waals surface area contributed by atoms with Crippen LogP contribution < -0.4 is 42.6 Å². The third-order valence-electron chi connectivity index (χ3n) is 9.29. The second-order valence-corrected chi connectivity index (χ2v) is 13.6. The van der Waals surface area contributed by atoms with Gasteiger partial charge >= 0.3 is 5.97 Å². The lowest BCUT2D eigenvalue weighted by molar-refractivity contribution is -0.143. The van der Waals surface area contributed by atoms with E-state index in [9.17, 15) is 29.1 Å². The molecule has 2 aromatic rings. The van der Waals surface area contributed by atoms with E-state index >= 15 is 0 Å². The SMILES string of the molecule is CCCCCCCCCC(=O)N[C@@H](CCN)C(=O)N(C)[C@@H]1C(=O)N[C@@H](C)C(=O)N[C@H](C(=O)O)Cc2ccc(OCCN)c(c2)-c2cc1ccc2OCCN. The zero-order valence-corrected chi connectivity index (χ0v) is 31.9. The fourth-order valence-electron chi connectivity index (χ4n) is 6.38. The zero-order chi connectivity index (χ0) is 39.6. The Morgan fingerprint density at radius 3 is 2.09 bits per heavy atom. The lowest BCUT2D eigenvalue weighted by Crippen LogP contribution is -2.55. The first-order valence-electron chi connectivity index (χ1n) is 19.0. The summed E-state index contributed by atoms with van der Waals surface area (Å²) in [5.74, 6) is -2.75. The van der Waals surface area contributed by atoms with Crippen molar-refractivity contribution in [2.24, 2.45) is 17.2 Å². The van der Waals surface area contributed by atoms with Crippen LogP contribution in [0.15, 0.2) is 36.4 Å². The molecule has 4 atom stereocenters. The zero-order valence-electron chi connectivity index (χ0n) is 31.9. The third kappa shape index (κ3) is 12.7. The molecule has 4 bridgehead atoms. The minimum absolute atomic E-state index is 0.0718. The largest absolute Gasteiger partial charge is 0.492 e. The van der Waals surface area contributed by atoms with Crippen LogP contribution in [0.2, 0.25) is 0 Å². The number of unbranched alkanes of at least 4 members (excludes halogenated alkanes) is 6. The standard InChI is InChI=1S/C39H59N7O8/c1-4-5-6-7-8-9-10-11-34(47)44-30(16-17-40)38(50)46(3)35-27-13-15-33(54-21-19-42)29(24-27)28-22-26(12-14-32(28)53-20-18-41)23-31(39(51)52)45-36(48)25(2)43-37(35)49/h12-15,22,24-25,30-31,35H,4-11,16-21,23,40-42H2,1-3H3,(H,43,49)(H,44,47)(H,45,48)(H,51,52)/t25-,30-,31-,35-/m0/s1. The second-order valence-electron chi connectivity index (χ2n) is 13.6. The van der Waals surface area contributed by atoms with Crippen molar-refractivity contribution in [3.05, 3.63) is 47.5 Å². The Morgan fingerprint density at radius 1 is 0.870 bits per heavy atom. The predicted octanol–water partition coefficient (Wildman–Crippen LogP) is 2.13. The molecule has 298 valence electrons. The number of nitrogens with zero attached hydrogens (tertiary/aromatic N) is 1. The van der Waals surface area contributed by atoms with Crippen LogP contribution in [0.1, 0.15) is 88.8 Å². The van der Waals surface area contributed by atoms with Gasteiger partial charge in [0, 0.05) is 44.1 Å². The highest BCUT2D eigenvalue weighted by molar-refractivity contribution is 5.96. The van der Waals surface area contributed by atoms with Gasteiger partial charge in [-0.1, -0.05) is 57.6 Å². The predicted molar refractivity (Wildman–Crippen MR) is 206 cm³/mol. The summed E-state index contributed by atoms with van der Waals surface area (Å²) in [6.07, 6.45) is 7.57.